The number of benzene rings is 4. The molecule has 4 atom stereocenters. The largest absolute Gasteiger partial charge is 0.325 e. The molecule has 0 heterocycles. The molecule has 4 heteroatoms. The second-order valence-electron chi connectivity index (χ2n) is 9.40. The summed E-state index contributed by atoms with van der Waals surface area (Å²) in [4.78, 5) is 25.9. The van der Waals surface area contributed by atoms with E-state index in [0.717, 1.165) is 35.0 Å². The lowest BCUT2D eigenvalue weighted by molar-refractivity contribution is -0.118. The number of carbonyl (C=O) groups excluding carboxylic acids is 2. The third-order valence-electron chi connectivity index (χ3n) is 7.15. The van der Waals surface area contributed by atoms with Crippen LogP contribution in [0, 0.1) is 11.8 Å². The van der Waals surface area contributed by atoms with Crippen molar-refractivity contribution in [3.8, 4) is 0 Å². The van der Waals surface area contributed by atoms with Gasteiger partial charge in [-0.1, -0.05) is 84.9 Å². The van der Waals surface area contributed by atoms with Crippen LogP contribution in [-0.4, -0.2) is 11.8 Å². The molecule has 0 unspecified atom stereocenters. The number of carbonyl (C=O) groups is 2. The molecule has 4 aromatic carbocycles. The van der Waals surface area contributed by atoms with Crippen molar-refractivity contribution in [1.29, 1.82) is 0 Å². The van der Waals surface area contributed by atoms with Crippen molar-refractivity contribution in [2.75, 3.05) is 10.6 Å². The predicted molar refractivity (Wildman–Crippen MR) is 136 cm³/mol. The summed E-state index contributed by atoms with van der Waals surface area (Å²) in [6.45, 7) is 0. The molecule has 0 radical (unpaired) electrons. The van der Waals surface area contributed by atoms with Gasteiger partial charge in [0, 0.05) is 34.0 Å². The lowest BCUT2D eigenvalue weighted by atomic mass is 10.1. The van der Waals surface area contributed by atoms with Gasteiger partial charge in [-0.3, -0.25) is 9.59 Å². The number of nitrogens with one attached hydrogen (secondary N) is 2. The monoisotopic (exact) mass is 446 g/mol. The van der Waals surface area contributed by atoms with E-state index in [1.807, 2.05) is 72.8 Å². The highest BCUT2D eigenvalue weighted by Crippen LogP contribution is 2.49. The zero-order valence-electron chi connectivity index (χ0n) is 18.8. The Kier molecular flexibility index (Phi) is 5.14. The second kappa shape index (κ2) is 8.45. The molecule has 2 N–H and O–H groups in total. The fourth-order valence-corrected chi connectivity index (χ4v) is 5.09. The van der Waals surface area contributed by atoms with Gasteiger partial charge in [-0.25, -0.2) is 0 Å². The molecule has 0 saturated heterocycles. The minimum Gasteiger partial charge on any atom is -0.325 e. The van der Waals surface area contributed by atoms with Gasteiger partial charge < -0.3 is 10.6 Å². The van der Waals surface area contributed by atoms with Crippen molar-refractivity contribution in [2.24, 2.45) is 11.8 Å². The molecular weight excluding hydrogens is 420 g/mol. The molecule has 2 aliphatic rings. The lowest BCUT2D eigenvalue weighted by Gasteiger charge is -2.13. The van der Waals surface area contributed by atoms with Gasteiger partial charge in [-0.2, -0.15) is 0 Å². The third kappa shape index (κ3) is 3.96. The zero-order chi connectivity index (χ0) is 23.1. The Morgan fingerprint density at radius 1 is 0.529 bits per heavy atom. The van der Waals surface area contributed by atoms with Crippen LogP contribution in [0.2, 0.25) is 0 Å². The molecule has 0 aromatic heterocycles. The molecule has 4 nitrogen and oxygen atoms in total. The molecule has 0 spiro atoms. The highest BCUT2D eigenvalue weighted by Gasteiger charge is 2.44. The molecule has 4 aromatic rings. The third-order valence-corrected chi connectivity index (χ3v) is 7.15. The Labute approximate surface area is 199 Å². The normalized spacial score (nSPS) is 22.7. The Balaban J connectivity index is 1.17. The molecule has 2 saturated carbocycles. The van der Waals surface area contributed by atoms with Gasteiger partial charge in [-0.05, 0) is 47.9 Å². The van der Waals surface area contributed by atoms with Gasteiger partial charge in [0.1, 0.15) is 0 Å². The second-order valence-corrected chi connectivity index (χ2v) is 9.40. The van der Waals surface area contributed by atoms with E-state index >= 15 is 0 Å². The first-order valence-electron chi connectivity index (χ1n) is 11.9. The van der Waals surface area contributed by atoms with Gasteiger partial charge in [-0.15, -0.1) is 0 Å². The maximum Gasteiger partial charge on any atom is 0.228 e. The van der Waals surface area contributed by atoms with E-state index in [9.17, 15) is 9.59 Å². The summed E-state index contributed by atoms with van der Waals surface area (Å²) in [5.74, 6) is 0.707. The van der Waals surface area contributed by atoms with E-state index < -0.39 is 0 Å². The van der Waals surface area contributed by atoms with Crippen LogP contribution in [0.5, 0.6) is 0 Å². The van der Waals surface area contributed by atoms with E-state index in [1.54, 1.807) is 0 Å². The van der Waals surface area contributed by atoms with Crippen LogP contribution >= 0.6 is 0 Å². The summed E-state index contributed by atoms with van der Waals surface area (Å²) in [7, 11) is 0. The van der Waals surface area contributed by atoms with Crippen molar-refractivity contribution < 1.29 is 9.59 Å². The Hall–Kier alpha value is -3.92. The van der Waals surface area contributed by atoms with Gasteiger partial charge in [0.25, 0.3) is 0 Å². The van der Waals surface area contributed by atoms with Crippen molar-refractivity contribution in [1.82, 2.24) is 0 Å². The zero-order valence-corrected chi connectivity index (χ0v) is 18.8. The van der Waals surface area contributed by atoms with Crippen molar-refractivity contribution in [2.45, 2.75) is 24.7 Å². The Morgan fingerprint density at radius 3 is 1.35 bits per heavy atom. The molecule has 0 aliphatic heterocycles. The number of rotatable bonds is 6. The minimum atomic E-state index is 0.00493. The fraction of sp³-hybridized carbons (Fsp3) is 0.200. The van der Waals surface area contributed by atoms with E-state index in [0.29, 0.717) is 11.8 Å². The predicted octanol–water partition coefficient (Wildman–Crippen LogP) is 6.32. The summed E-state index contributed by atoms with van der Waals surface area (Å²) >= 11 is 0. The van der Waals surface area contributed by atoms with Crippen LogP contribution in [-0.2, 0) is 9.59 Å². The van der Waals surface area contributed by atoms with Crippen LogP contribution in [0.25, 0.3) is 10.8 Å². The minimum absolute atomic E-state index is 0.00493. The van der Waals surface area contributed by atoms with Gasteiger partial charge in [0.15, 0.2) is 0 Å². The quantitative estimate of drug-likeness (QED) is 0.364. The molecule has 6 rings (SSSR count). The lowest BCUT2D eigenvalue weighted by Crippen LogP contribution is -2.16. The van der Waals surface area contributed by atoms with E-state index in [-0.39, 0.29) is 23.7 Å². The summed E-state index contributed by atoms with van der Waals surface area (Å²) < 4.78 is 0. The SMILES string of the molecule is O=C(Nc1cccc2c(NC(=O)[C@@H]3C[C@@H]3c3ccccc3)cccc12)[C@@H]1C[C@@H]1c1ccccc1. The van der Waals surface area contributed by atoms with E-state index in [2.05, 4.69) is 34.9 Å². The Morgan fingerprint density at radius 2 is 0.941 bits per heavy atom. The summed E-state index contributed by atoms with van der Waals surface area (Å²) in [5, 5.41) is 8.14. The van der Waals surface area contributed by atoms with Crippen LogP contribution in [0.15, 0.2) is 97.1 Å². The molecule has 2 fully saturated rings. The highest BCUT2D eigenvalue weighted by atomic mass is 16.2. The van der Waals surface area contributed by atoms with Gasteiger partial charge in [0.2, 0.25) is 11.8 Å². The number of anilines is 2. The van der Waals surface area contributed by atoms with Gasteiger partial charge >= 0.3 is 0 Å². The number of amides is 2. The number of hydrogen-bond acceptors (Lipinski definition) is 2. The first-order valence-corrected chi connectivity index (χ1v) is 11.9. The average Bonchev–Trinajstić information content (AvgIpc) is 3.79. The molecule has 168 valence electrons. The summed E-state index contributed by atoms with van der Waals surface area (Å²) in [6.07, 6.45) is 1.76. The van der Waals surface area contributed by atoms with Crippen molar-refractivity contribution in [3.05, 3.63) is 108 Å². The van der Waals surface area contributed by atoms with Crippen LogP contribution in [0.1, 0.15) is 35.8 Å². The standard InChI is InChI=1S/C30H26N2O2/c33-29(25-17-23(25)19-9-3-1-4-10-19)31-27-15-7-14-22-21(27)13-8-16-28(22)32-30(34)26-18-24(26)20-11-5-2-6-12-20/h1-16,23-26H,17-18H2,(H,31,33)(H,32,34)/t23-,24-,25-,26-/m1/s1. The maximum absolute atomic E-state index is 13.0. The highest BCUT2D eigenvalue weighted by molar-refractivity contribution is 6.10. The maximum atomic E-state index is 13.0. The first-order chi connectivity index (χ1) is 16.7. The smallest absolute Gasteiger partial charge is 0.228 e. The number of fused-ring (bicyclic) bond motifs is 1. The van der Waals surface area contributed by atoms with E-state index in [1.165, 1.54) is 11.1 Å². The summed E-state index contributed by atoms with van der Waals surface area (Å²) in [5.41, 5.74) is 4.01. The van der Waals surface area contributed by atoms with Crippen LogP contribution in [0.3, 0.4) is 0 Å². The van der Waals surface area contributed by atoms with Crippen molar-refractivity contribution >= 4 is 34.0 Å². The molecular formula is C30H26N2O2. The Bertz CT molecular complexity index is 1260. The molecule has 2 amide bonds. The van der Waals surface area contributed by atoms with E-state index in [4.69, 9.17) is 0 Å². The average molecular weight is 447 g/mol. The topological polar surface area (TPSA) is 58.2 Å². The summed E-state index contributed by atoms with van der Waals surface area (Å²) in [6, 6.07) is 32.1. The molecule has 0 bridgehead atoms. The first kappa shape index (κ1) is 20.7. The fourth-order valence-electron chi connectivity index (χ4n) is 5.09. The van der Waals surface area contributed by atoms with Crippen LogP contribution in [0.4, 0.5) is 11.4 Å². The molecule has 2 aliphatic carbocycles. The van der Waals surface area contributed by atoms with Crippen LogP contribution < -0.4 is 10.6 Å². The van der Waals surface area contributed by atoms with Crippen molar-refractivity contribution in [3.63, 3.8) is 0 Å². The van der Waals surface area contributed by atoms with Gasteiger partial charge in [0.05, 0.1) is 0 Å². The number of hydrogen-bond donors (Lipinski definition) is 2. The molecule has 34 heavy (non-hydrogen) atoms.